The van der Waals surface area contributed by atoms with Crippen molar-refractivity contribution in [2.45, 2.75) is 12.7 Å². The zero-order valence-corrected chi connectivity index (χ0v) is 14.7. The molecule has 0 fully saturated rings. The van der Waals surface area contributed by atoms with Gasteiger partial charge in [-0.05, 0) is 29.8 Å². The molecular weight excluding hydrogens is 385 g/mol. The minimum atomic E-state index is -4.40. The fraction of sp³-hybridized carbons (Fsp3) is 0.222. The number of halogens is 4. The van der Waals surface area contributed by atoms with Gasteiger partial charge in [-0.3, -0.25) is 9.59 Å². The summed E-state index contributed by atoms with van der Waals surface area (Å²) in [6.07, 6.45) is -4.40. The van der Waals surface area contributed by atoms with Gasteiger partial charge in [-0.2, -0.15) is 13.2 Å². The molecule has 0 unspecified atom stereocenters. The Hall–Kier alpha value is -2.74. The van der Waals surface area contributed by atoms with Crippen LogP contribution in [0.2, 0.25) is 5.02 Å². The van der Waals surface area contributed by atoms with Crippen molar-refractivity contribution in [2.75, 3.05) is 13.2 Å². The Bertz CT molecular complexity index is 795. The van der Waals surface area contributed by atoms with Crippen molar-refractivity contribution in [3.8, 4) is 5.75 Å². The standard InChI is InChI=1S/C18H16ClF3N2O3/c19-15-4-2-1-3-14(15)17(26)24-10-16(25)23-9-12-5-7-13(8-6-12)27-11-18(20,21)22/h1-8H,9-11H2,(H,23,25)(H,24,26). The summed E-state index contributed by atoms with van der Waals surface area (Å²) in [5.74, 6) is -0.816. The Morgan fingerprint density at radius 3 is 2.30 bits per heavy atom. The molecule has 0 aliphatic rings. The molecule has 0 aliphatic carbocycles. The molecule has 9 heteroatoms. The third-order valence-electron chi connectivity index (χ3n) is 3.34. The number of amides is 2. The Morgan fingerprint density at radius 1 is 1.00 bits per heavy atom. The molecule has 2 N–H and O–H groups in total. The fourth-order valence-electron chi connectivity index (χ4n) is 2.03. The molecule has 27 heavy (non-hydrogen) atoms. The highest BCUT2D eigenvalue weighted by Crippen LogP contribution is 2.19. The van der Waals surface area contributed by atoms with E-state index >= 15 is 0 Å². The van der Waals surface area contributed by atoms with Crippen LogP contribution in [-0.2, 0) is 11.3 Å². The molecule has 0 bridgehead atoms. The lowest BCUT2D eigenvalue weighted by Gasteiger charge is -2.10. The quantitative estimate of drug-likeness (QED) is 0.749. The number of ether oxygens (including phenoxy) is 1. The first-order valence-electron chi connectivity index (χ1n) is 7.82. The molecule has 0 atom stereocenters. The molecule has 2 amide bonds. The summed E-state index contributed by atoms with van der Waals surface area (Å²) in [7, 11) is 0. The monoisotopic (exact) mass is 400 g/mol. The Morgan fingerprint density at radius 2 is 1.67 bits per heavy atom. The van der Waals surface area contributed by atoms with Crippen LogP contribution in [0, 0.1) is 0 Å². The van der Waals surface area contributed by atoms with E-state index in [0.29, 0.717) is 5.56 Å². The van der Waals surface area contributed by atoms with Gasteiger partial charge in [-0.1, -0.05) is 35.9 Å². The summed E-state index contributed by atoms with van der Waals surface area (Å²) in [6.45, 7) is -1.45. The van der Waals surface area contributed by atoms with Gasteiger partial charge in [0.2, 0.25) is 5.91 Å². The summed E-state index contributed by atoms with van der Waals surface area (Å²) in [5, 5.41) is 5.32. The number of alkyl halides is 3. The first kappa shape index (κ1) is 20.6. The molecule has 0 aromatic heterocycles. The van der Waals surface area contributed by atoms with E-state index in [-0.39, 0.29) is 29.4 Å². The lowest BCUT2D eigenvalue weighted by Crippen LogP contribution is -2.36. The van der Waals surface area contributed by atoms with Crippen LogP contribution in [0.25, 0.3) is 0 Å². The van der Waals surface area contributed by atoms with Crippen molar-refractivity contribution in [3.05, 3.63) is 64.7 Å². The zero-order chi connectivity index (χ0) is 19.9. The summed E-state index contributed by atoms with van der Waals surface area (Å²) in [5.41, 5.74) is 0.932. The lowest BCUT2D eigenvalue weighted by molar-refractivity contribution is -0.153. The minimum Gasteiger partial charge on any atom is -0.484 e. The van der Waals surface area contributed by atoms with Crippen LogP contribution < -0.4 is 15.4 Å². The average Bonchev–Trinajstić information content (AvgIpc) is 2.63. The molecule has 0 heterocycles. The largest absolute Gasteiger partial charge is 0.484 e. The zero-order valence-electron chi connectivity index (χ0n) is 14.0. The van der Waals surface area contributed by atoms with Crippen molar-refractivity contribution in [1.29, 1.82) is 0 Å². The van der Waals surface area contributed by atoms with E-state index in [9.17, 15) is 22.8 Å². The number of nitrogens with one attached hydrogen (secondary N) is 2. The van der Waals surface area contributed by atoms with Crippen molar-refractivity contribution in [2.24, 2.45) is 0 Å². The van der Waals surface area contributed by atoms with Crippen LogP contribution in [0.15, 0.2) is 48.5 Å². The van der Waals surface area contributed by atoms with Crippen LogP contribution in [0.5, 0.6) is 5.75 Å². The Balaban J connectivity index is 1.75. The summed E-state index contributed by atoms with van der Waals surface area (Å²) in [4.78, 5) is 23.8. The van der Waals surface area contributed by atoms with E-state index in [1.54, 1.807) is 18.2 Å². The topological polar surface area (TPSA) is 67.4 Å². The van der Waals surface area contributed by atoms with Crippen molar-refractivity contribution in [3.63, 3.8) is 0 Å². The predicted molar refractivity (Wildman–Crippen MR) is 93.6 cm³/mol. The Kier molecular flexibility index (Phi) is 7.06. The van der Waals surface area contributed by atoms with Crippen LogP contribution in [-0.4, -0.2) is 31.1 Å². The van der Waals surface area contributed by atoms with Gasteiger partial charge in [-0.15, -0.1) is 0 Å². The molecule has 5 nitrogen and oxygen atoms in total. The molecule has 0 spiro atoms. The third kappa shape index (κ3) is 7.18. The van der Waals surface area contributed by atoms with Gasteiger partial charge in [0.05, 0.1) is 17.1 Å². The van der Waals surface area contributed by atoms with Crippen LogP contribution >= 0.6 is 11.6 Å². The van der Waals surface area contributed by atoms with E-state index in [1.807, 2.05) is 0 Å². The maximum absolute atomic E-state index is 12.1. The molecule has 144 valence electrons. The van der Waals surface area contributed by atoms with Gasteiger partial charge in [-0.25, -0.2) is 0 Å². The fourth-order valence-corrected chi connectivity index (χ4v) is 2.25. The number of hydrogen-bond acceptors (Lipinski definition) is 3. The second-order valence-corrected chi connectivity index (χ2v) is 5.89. The van der Waals surface area contributed by atoms with Crippen molar-refractivity contribution >= 4 is 23.4 Å². The second-order valence-electron chi connectivity index (χ2n) is 5.49. The van der Waals surface area contributed by atoms with Gasteiger partial charge < -0.3 is 15.4 Å². The first-order chi connectivity index (χ1) is 12.7. The minimum absolute atomic E-state index is 0.0782. The van der Waals surface area contributed by atoms with Crippen LogP contribution in [0.4, 0.5) is 13.2 Å². The second kappa shape index (κ2) is 9.27. The molecule has 2 rings (SSSR count). The van der Waals surface area contributed by atoms with Gasteiger partial charge in [0.15, 0.2) is 6.61 Å². The molecule has 0 saturated heterocycles. The number of benzene rings is 2. The van der Waals surface area contributed by atoms with Gasteiger partial charge >= 0.3 is 6.18 Å². The SMILES string of the molecule is O=C(CNC(=O)c1ccccc1Cl)NCc1ccc(OCC(F)(F)F)cc1. The number of hydrogen-bond donors (Lipinski definition) is 2. The smallest absolute Gasteiger partial charge is 0.422 e. The molecule has 2 aromatic carbocycles. The highest BCUT2D eigenvalue weighted by Gasteiger charge is 2.28. The lowest BCUT2D eigenvalue weighted by atomic mass is 10.2. The van der Waals surface area contributed by atoms with E-state index in [0.717, 1.165) is 0 Å². The number of carbonyl (C=O) groups is 2. The van der Waals surface area contributed by atoms with E-state index in [4.69, 9.17) is 11.6 Å². The molecule has 0 saturated carbocycles. The first-order valence-corrected chi connectivity index (χ1v) is 8.20. The molecule has 0 aliphatic heterocycles. The van der Waals surface area contributed by atoms with Gasteiger partial charge in [0.1, 0.15) is 5.75 Å². The Labute approximate surface area is 158 Å². The van der Waals surface area contributed by atoms with E-state index in [2.05, 4.69) is 15.4 Å². The third-order valence-corrected chi connectivity index (χ3v) is 3.67. The van der Waals surface area contributed by atoms with E-state index < -0.39 is 24.6 Å². The molecule has 0 radical (unpaired) electrons. The van der Waals surface area contributed by atoms with Crippen molar-refractivity contribution in [1.82, 2.24) is 10.6 Å². The van der Waals surface area contributed by atoms with Crippen LogP contribution in [0.3, 0.4) is 0 Å². The number of rotatable bonds is 7. The van der Waals surface area contributed by atoms with Crippen LogP contribution in [0.1, 0.15) is 15.9 Å². The molecule has 2 aromatic rings. The maximum atomic E-state index is 12.1. The van der Waals surface area contributed by atoms with Gasteiger partial charge in [0.25, 0.3) is 5.91 Å². The predicted octanol–water partition coefficient (Wildman–Crippen LogP) is 3.33. The summed E-state index contributed by atoms with van der Waals surface area (Å²) >= 11 is 5.90. The van der Waals surface area contributed by atoms with Crippen molar-refractivity contribution < 1.29 is 27.5 Å². The highest BCUT2D eigenvalue weighted by molar-refractivity contribution is 6.33. The van der Waals surface area contributed by atoms with E-state index in [1.165, 1.54) is 30.3 Å². The average molecular weight is 401 g/mol. The summed E-state index contributed by atoms with van der Waals surface area (Å²) < 4.78 is 40.8. The number of carbonyl (C=O) groups excluding carboxylic acids is 2. The normalized spacial score (nSPS) is 11.0. The van der Waals surface area contributed by atoms with Gasteiger partial charge in [0, 0.05) is 6.54 Å². The highest BCUT2D eigenvalue weighted by atomic mass is 35.5. The molecular formula is C18H16ClF3N2O3. The summed E-state index contributed by atoms with van der Waals surface area (Å²) in [6, 6.07) is 12.3. The maximum Gasteiger partial charge on any atom is 0.422 e.